The summed E-state index contributed by atoms with van der Waals surface area (Å²) in [6.45, 7) is 3.96. The number of carbonyl (C=O) groups excluding carboxylic acids is 2. The number of benzene rings is 3. The third kappa shape index (κ3) is 9.79. The van der Waals surface area contributed by atoms with E-state index >= 15 is 0 Å². The predicted molar refractivity (Wildman–Crippen MR) is 151 cm³/mol. The zero-order valence-electron chi connectivity index (χ0n) is 22.7. The quantitative estimate of drug-likeness (QED) is 0.125. The van der Waals surface area contributed by atoms with Gasteiger partial charge in [-0.15, -0.1) is 0 Å². The molecule has 1 atom stereocenters. The van der Waals surface area contributed by atoms with Gasteiger partial charge in [0.2, 0.25) is 0 Å². The van der Waals surface area contributed by atoms with Crippen LogP contribution in [-0.4, -0.2) is 17.0 Å². The van der Waals surface area contributed by atoms with Crippen molar-refractivity contribution in [2.75, 3.05) is 0 Å². The van der Waals surface area contributed by atoms with Crippen molar-refractivity contribution < 1.29 is 24.2 Å². The van der Waals surface area contributed by atoms with Gasteiger partial charge in [0.15, 0.2) is 0 Å². The van der Waals surface area contributed by atoms with Crippen LogP contribution in [0, 0.1) is 0 Å². The highest BCUT2D eigenvalue weighted by atomic mass is 16.5. The summed E-state index contributed by atoms with van der Waals surface area (Å²) in [4.78, 5) is 24.7. The van der Waals surface area contributed by atoms with E-state index in [4.69, 9.17) is 9.47 Å². The summed E-state index contributed by atoms with van der Waals surface area (Å²) in [6, 6.07) is 21.4. The summed E-state index contributed by atoms with van der Waals surface area (Å²) in [5.74, 6) is 0.123. The standard InChI is InChI=1S/C33H40O5/c1-3-4-5-6-7-8-9-10-11-12-32(35)37-30-21-23-31(24-22-30)38-33(36)29-19-17-28(18-20-29)27-15-13-26(14-16-27)25(2)34/h13-25,34H,3-12H2,1-2H3. The summed E-state index contributed by atoms with van der Waals surface area (Å²) in [6.07, 6.45) is 10.7. The molecule has 0 aliphatic heterocycles. The molecule has 3 rings (SSSR count). The molecule has 1 unspecified atom stereocenters. The minimum absolute atomic E-state index is 0.238. The van der Waals surface area contributed by atoms with Gasteiger partial charge in [-0.2, -0.15) is 0 Å². The van der Waals surface area contributed by atoms with Gasteiger partial charge in [0.1, 0.15) is 11.5 Å². The lowest BCUT2D eigenvalue weighted by molar-refractivity contribution is -0.134. The molecule has 0 saturated carbocycles. The van der Waals surface area contributed by atoms with Crippen LogP contribution in [0.1, 0.15) is 100 Å². The number of aliphatic hydroxyl groups excluding tert-OH is 1. The van der Waals surface area contributed by atoms with Gasteiger partial charge < -0.3 is 14.6 Å². The van der Waals surface area contributed by atoms with E-state index in [1.54, 1.807) is 43.3 Å². The fraction of sp³-hybridized carbons (Fsp3) is 0.394. The molecule has 0 aliphatic rings. The highest BCUT2D eigenvalue weighted by Crippen LogP contribution is 2.24. The first kappa shape index (κ1) is 29.1. The van der Waals surface area contributed by atoms with E-state index < -0.39 is 12.1 Å². The van der Waals surface area contributed by atoms with Crippen molar-refractivity contribution in [1.29, 1.82) is 0 Å². The van der Waals surface area contributed by atoms with E-state index in [1.807, 2.05) is 36.4 Å². The highest BCUT2D eigenvalue weighted by molar-refractivity contribution is 5.91. The Bertz CT molecular complexity index is 1120. The SMILES string of the molecule is CCCCCCCCCCCC(=O)Oc1ccc(OC(=O)c2ccc(-c3ccc(C(C)O)cc3)cc2)cc1. The van der Waals surface area contributed by atoms with Gasteiger partial charge in [0.05, 0.1) is 11.7 Å². The molecule has 0 heterocycles. The zero-order chi connectivity index (χ0) is 27.2. The first-order valence-corrected chi connectivity index (χ1v) is 13.9. The third-order valence-electron chi connectivity index (χ3n) is 6.60. The van der Waals surface area contributed by atoms with Crippen molar-refractivity contribution >= 4 is 11.9 Å². The molecule has 5 nitrogen and oxygen atoms in total. The van der Waals surface area contributed by atoms with Crippen LogP contribution in [0.4, 0.5) is 0 Å². The molecule has 0 aromatic heterocycles. The van der Waals surface area contributed by atoms with E-state index in [-0.39, 0.29) is 5.97 Å². The predicted octanol–water partition coefficient (Wildman–Crippen LogP) is 8.45. The minimum atomic E-state index is -0.508. The summed E-state index contributed by atoms with van der Waals surface area (Å²) >= 11 is 0. The molecule has 0 bridgehead atoms. The maximum absolute atomic E-state index is 12.6. The van der Waals surface area contributed by atoms with Crippen molar-refractivity contribution in [1.82, 2.24) is 0 Å². The summed E-state index contributed by atoms with van der Waals surface area (Å²) in [5.41, 5.74) is 3.25. The van der Waals surface area contributed by atoms with Crippen LogP contribution in [-0.2, 0) is 4.79 Å². The smallest absolute Gasteiger partial charge is 0.343 e. The van der Waals surface area contributed by atoms with Crippen LogP contribution in [0.25, 0.3) is 11.1 Å². The normalized spacial score (nSPS) is 11.7. The Morgan fingerprint density at radius 2 is 1.13 bits per heavy atom. The maximum Gasteiger partial charge on any atom is 0.343 e. The second-order valence-corrected chi connectivity index (χ2v) is 9.79. The minimum Gasteiger partial charge on any atom is -0.427 e. The molecular formula is C33H40O5. The van der Waals surface area contributed by atoms with Crippen LogP contribution in [0.3, 0.4) is 0 Å². The number of rotatable bonds is 15. The van der Waals surface area contributed by atoms with Gasteiger partial charge >= 0.3 is 11.9 Å². The van der Waals surface area contributed by atoms with Crippen LogP contribution < -0.4 is 9.47 Å². The Morgan fingerprint density at radius 1 is 0.658 bits per heavy atom. The Morgan fingerprint density at radius 3 is 1.66 bits per heavy atom. The lowest BCUT2D eigenvalue weighted by Crippen LogP contribution is -2.09. The van der Waals surface area contributed by atoms with E-state index in [1.165, 1.54) is 44.9 Å². The van der Waals surface area contributed by atoms with Crippen molar-refractivity contribution in [3.63, 3.8) is 0 Å². The van der Waals surface area contributed by atoms with E-state index in [2.05, 4.69) is 6.92 Å². The molecular weight excluding hydrogens is 476 g/mol. The van der Waals surface area contributed by atoms with Crippen LogP contribution >= 0.6 is 0 Å². The number of ether oxygens (including phenoxy) is 2. The van der Waals surface area contributed by atoms with E-state index in [0.717, 1.165) is 29.5 Å². The van der Waals surface area contributed by atoms with Gasteiger partial charge in [0.25, 0.3) is 0 Å². The maximum atomic E-state index is 12.6. The van der Waals surface area contributed by atoms with Crippen molar-refractivity contribution in [3.8, 4) is 22.6 Å². The Labute approximate surface area is 226 Å². The van der Waals surface area contributed by atoms with Gasteiger partial charge in [-0.25, -0.2) is 4.79 Å². The zero-order valence-corrected chi connectivity index (χ0v) is 22.7. The molecule has 0 radical (unpaired) electrons. The van der Waals surface area contributed by atoms with Crippen LogP contribution in [0.2, 0.25) is 0 Å². The first-order chi connectivity index (χ1) is 18.5. The molecule has 0 saturated heterocycles. The van der Waals surface area contributed by atoms with Crippen molar-refractivity contribution in [3.05, 3.63) is 83.9 Å². The summed E-state index contributed by atoms with van der Waals surface area (Å²) in [5, 5.41) is 9.66. The summed E-state index contributed by atoms with van der Waals surface area (Å²) in [7, 11) is 0. The largest absolute Gasteiger partial charge is 0.427 e. The fourth-order valence-electron chi connectivity index (χ4n) is 4.26. The Kier molecular flexibility index (Phi) is 12.1. The number of carbonyl (C=O) groups is 2. The number of hydrogen-bond acceptors (Lipinski definition) is 5. The highest BCUT2D eigenvalue weighted by Gasteiger charge is 2.11. The molecule has 0 spiro atoms. The number of hydrogen-bond donors (Lipinski definition) is 1. The Balaban J connectivity index is 1.39. The van der Waals surface area contributed by atoms with Gasteiger partial charge in [-0.1, -0.05) is 94.7 Å². The molecule has 0 aliphatic carbocycles. The Hall–Kier alpha value is -3.44. The molecule has 1 N–H and O–H groups in total. The molecule has 5 heteroatoms. The molecule has 3 aromatic carbocycles. The van der Waals surface area contributed by atoms with Crippen LogP contribution in [0.15, 0.2) is 72.8 Å². The third-order valence-corrected chi connectivity index (χ3v) is 6.60. The van der Waals surface area contributed by atoms with Crippen LogP contribution in [0.5, 0.6) is 11.5 Å². The second kappa shape index (κ2) is 15.7. The molecule has 38 heavy (non-hydrogen) atoms. The number of esters is 2. The van der Waals surface area contributed by atoms with Crippen molar-refractivity contribution in [2.45, 2.75) is 84.2 Å². The lowest BCUT2D eigenvalue weighted by Gasteiger charge is -2.08. The second-order valence-electron chi connectivity index (χ2n) is 9.79. The average molecular weight is 517 g/mol. The van der Waals surface area contributed by atoms with Gasteiger partial charge in [0, 0.05) is 6.42 Å². The first-order valence-electron chi connectivity index (χ1n) is 13.9. The number of aliphatic hydroxyl groups is 1. The molecule has 0 amide bonds. The summed E-state index contributed by atoms with van der Waals surface area (Å²) < 4.78 is 10.9. The average Bonchev–Trinajstić information content (AvgIpc) is 2.93. The molecule has 202 valence electrons. The van der Waals surface area contributed by atoms with Gasteiger partial charge in [-0.3, -0.25) is 4.79 Å². The number of unbranched alkanes of at least 4 members (excludes halogenated alkanes) is 8. The molecule has 3 aromatic rings. The fourth-order valence-corrected chi connectivity index (χ4v) is 4.26. The van der Waals surface area contributed by atoms with Gasteiger partial charge in [-0.05, 0) is 66.4 Å². The van der Waals surface area contributed by atoms with E-state index in [9.17, 15) is 14.7 Å². The monoisotopic (exact) mass is 516 g/mol. The lowest BCUT2D eigenvalue weighted by atomic mass is 10.0. The molecule has 0 fully saturated rings. The van der Waals surface area contributed by atoms with Crippen molar-refractivity contribution in [2.24, 2.45) is 0 Å². The topological polar surface area (TPSA) is 72.8 Å². The van der Waals surface area contributed by atoms with E-state index in [0.29, 0.717) is 23.5 Å².